The lowest BCUT2D eigenvalue weighted by molar-refractivity contribution is -0.131. The summed E-state index contributed by atoms with van der Waals surface area (Å²) >= 11 is 3.29. The number of carbonyl (C=O) groups excluding carboxylic acids is 1. The van der Waals surface area contributed by atoms with Crippen molar-refractivity contribution in [3.63, 3.8) is 0 Å². The van der Waals surface area contributed by atoms with E-state index in [0.29, 0.717) is 16.5 Å². The standard InChI is InChI=1S/C12H11BrO3/c1-2-11(14)9-5-3-8(7-10(9)13)4-6-12(15)16/h3-7H,2H2,1H3,(H,15,16)/b6-4+. The van der Waals surface area contributed by atoms with Crippen LogP contribution >= 0.6 is 15.9 Å². The Morgan fingerprint density at radius 1 is 1.44 bits per heavy atom. The third-order valence-corrected chi connectivity index (χ3v) is 2.69. The molecular weight excluding hydrogens is 272 g/mol. The molecule has 16 heavy (non-hydrogen) atoms. The number of rotatable bonds is 4. The summed E-state index contributed by atoms with van der Waals surface area (Å²) in [6.07, 6.45) is 2.99. The van der Waals surface area contributed by atoms with Gasteiger partial charge in [-0.1, -0.05) is 28.9 Å². The number of halogens is 1. The van der Waals surface area contributed by atoms with Crippen LogP contribution in [-0.2, 0) is 4.79 Å². The molecule has 0 saturated heterocycles. The number of carbonyl (C=O) groups is 2. The molecule has 0 bridgehead atoms. The van der Waals surface area contributed by atoms with Crippen LogP contribution in [0.3, 0.4) is 0 Å². The lowest BCUT2D eigenvalue weighted by atomic mass is 10.1. The van der Waals surface area contributed by atoms with Crippen molar-refractivity contribution in [3.8, 4) is 0 Å². The van der Waals surface area contributed by atoms with Gasteiger partial charge in [-0.05, 0) is 23.8 Å². The normalized spacial score (nSPS) is 10.6. The van der Waals surface area contributed by atoms with Crippen LogP contribution in [0.25, 0.3) is 6.08 Å². The summed E-state index contributed by atoms with van der Waals surface area (Å²) in [7, 11) is 0. The Morgan fingerprint density at radius 2 is 2.12 bits per heavy atom. The molecular formula is C12H11BrO3. The van der Waals surface area contributed by atoms with Gasteiger partial charge in [-0.25, -0.2) is 4.79 Å². The summed E-state index contributed by atoms with van der Waals surface area (Å²) in [4.78, 5) is 21.8. The summed E-state index contributed by atoms with van der Waals surface area (Å²) in [5.41, 5.74) is 1.36. The van der Waals surface area contributed by atoms with Gasteiger partial charge >= 0.3 is 5.97 Å². The first-order valence-electron chi connectivity index (χ1n) is 4.78. The fourth-order valence-electron chi connectivity index (χ4n) is 1.22. The molecule has 1 N–H and O–H groups in total. The van der Waals surface area contributed by atoms with Crippen molar-refractivity contribution in [2.75, 3.05) is 0 Å². The van der Waals surface area contributed by atoms with Crippen molar-refractivity contribution in [1.82, 2.24) is 0 Å². The molecule has 0 radical (unpaired) electrons. The third kappa shape index (κ3) is 3.31. The van der Waals surface area contributed by atoms with Crippen molar-refractivity contribution in [3.05, 3.63) is 39.9 Å². The van der Waals surface area contributed by atoms with Crippen molar-refractivity contribution in [2.24, 2.45) is 0 Å². The number of hydrogen-bond acceptors (Lipinski definition) is 2. The van der Waals surface area contributed by atoms with Crippen molar-refractivity contribution < 1.29 is 14.7 Å². The minimum atomic E-state index is -0.996. The van der Waals surface area contributed by atoms with E-state index in [1.807, 2.05) is 0 Å². The highest BCUT2D eigenvalue weighted by Crippen LogP contribution is 2.20. The Hall–Kier alpha value is -1.42. The minimum Gasteiger partial charge on any atom is -0.478 e. The molecule has 4 heteroatoms. The van der Waals surface area contributed by atoms with Gasteiger partial charge in [0.05, 0.1) is 0 Å². The van der Waals surface area contributed by atoms with Crippen LogP contribution in [-0.4, -0.2) is 16.9 Å². The predicted molar refractivity (Wildman–Crippen MR) is 65.4 cm³/mol. The zero-order valence-electron chi connectivity index (χ0n) is 8.74. The van der Waals surface area contributed by atoms with Gasteiger partial charge in [0, 0.05) is 22.5 Å². The molecule has 0 amide bonds. The first kappa shape index (κ1) is 12.6. The molecule has 1 aromatic rings. The summed E-state index contributed by atoms with van der Waals surface area (Å²) in [5.74, 6) is -0.939. The minimum absolute atomic E-state index is 0.0561. The van der Waals surface area contributed by atoms with Crippen LogP contribution in [0.15, 0.2) is 28.7 Å². The van der Waals surface area contributed by atoms with E-state index in [2.05, 4.69) is 15.9 Å². The molecule has 0 aromatic heterocycles. The van der Waals surface area contributed by atoms with Crippen LogP contribution in [0.4, 0.5) is 0 Å². The summed E-state index contributed by atoms with van der Waals surface area (Å²) in [5, 5.41) is 8.47. The van der Waals surface area contributed by atoms with E-state index in [1.54, 1.807) is 25.1 Å². The molecule has 3 nitrogen and oxygen atoms in total. The van der Waals surface area contributed by atoms with Gasteiger partial charge < -0.3 is 5.11 Å². The van der Waals surface area contributed by atoms with E-state index in [-0.39, 0.29) is 5.78 Å². The molecule has 84 valence electrons. The van der Waals surface area contributed by atoms with Crippen molar-refractivity contribution >= 4 is 33.8 Å². The summed E-state index contributed by atoms with van der Waals surface area (Å²) < 4.78 is 0.687. The lowest BCUT2D eigenvalue weighted by Crippen LogP contribution is -1.97. The van der Waals surface area contributed by atoms with Crippen molar-refractivity contribution in [2.45, 2.75) is 13.3 Å². The Kier molecular flexibility index (Phi) is 4.43. The SMILES string of the molecule is CCC(=O)c1ccc(/C=C/C(=O)O)cc1Br. The Bertz CT molecular complexity index is 450. The van der Waals surface area contributed by atoms with E-state index in [0.717, 1.165) is 11.6 Å². The first-order valence-corrected chi connectivity index (χ1v) is 5.57. The molecule has 0 aliphatic heterocycles. The van der Waals surface area contributed by atoms with Crippen LogP contribution < -0.4 is 0 Å². The van der Waals surface area contributed by atoms with Gasteiger partial charge in [0.15, 0.2) is 5.78 Å². The number of carboxylic acids is 1. The summed E-state index contributed by atoms with van der Waals surface area (Å²) in [6.45, 7) is 1.80. The fraction of sp³-hybridized carbons (Fsp3) is 0.167. The molecule has 0 heterocycles. The number of ketones is 1. The molecule has 0 saturated carbocycles. The van der Waals surface area contributed by atoms with E-state index in [9.17, 15) is 9.59 Å². The van der Waals surface area contributed by atoms with Gasteiger partial charge in [-0.15, -0.1) is 0 Å². The topological polar surface area (TPSA) is 54.4 Å². The molecule has 0 atom stereocenters. The molecule has 1 rings (SSSR count). The maximum atomic E-state index is 11.5. The fourth-order valence-corrected chi connectivity index (χ4v) is 1.84. The second-order valence-electron chi connectivity index (χ2n) is 3.19. The van der Waals surface area contributed by atoms with Gasteiger partial charge in [0.25, 0.3) is 0 Å². The Balaban J connectivity index is 2.99. The Morgan fingerprint density at radius 3 is 2.62 bits per heavy atom. The van der Waals surface area contributed by atoms with Crippen LogP contribution in [0.2, 0.25) is 0 Å². The first-order chi connectivity index (χ1) is 7.54. The zero-order chi connectivity index (χ0) is 12.1. The number of aliphatic carboxylic acids is 1. The third-order valence-electron chi connectivity index (χ3n) is 2.03. The average Bonchev–Trinajstić information content (AvgIpc) is 2.25. The van der Waals surface area contributed by atoms with Crippen LogP contribution in [0.5, 0.6) is 0 Å². The number of benzene rings is 1. The molecule has 0 fully saturated rings. The largest absolute Gasteiger partial charge is 0.478 e. The highest BCUT2D eigenvalue weighted by atomic mass is 79.9. The maximum absolute atomic E-state index is 11.5. The highest BCUT2D eigenvalue weighted by molar-refractivity contribution is 9.10. The van der Waals surface area contributed by atoms with Gasteiger partial charge in [0.2, 0.25) is 0 Å². The second kappa shape index (κ2) is 5.61. The summed E-state index contributed by atoms with van der Waals surface area (Å²) in [6, 6.07) is 5.13. The Labute approximate surface area is 102 Å². The van der Waals surface area contributed by atoms with Crippen LogP contribution in [0.1, 0.15) is 29.3 Å². The molecule has 0 aliphatic carbocycles. The quantitative estimate of drug-likeness (QED) is 0.682. The number of Topliss-reactive ketones (excluding diaryl/α,β-unsaturated/α-hetero) is 1. The molecule has 0 aliphatic rings. The highest BCUT2D eigenvalue weighted by Gasteiger charge is 2.07. The monoisotopic (exact) mass is 282 g/mol. The van der Waals surface area contributed by atoms with E-state index in [4.69, 9.17) is 5.11 Å². The number of carboxylic acid groups (broad SMARTS) is 1. The van der Waals surface area contributed by atoms with Gasteiger partial charge in [0.1, 0.15) is 0 Å². The smallest absolute Gasteiger partial charge is 0.328 e. The van der Waals surface area contributed by atoms with Crippen LogP contribution in [0, 0.1) is 0 Å². The lowest BCUT2D eigenvalue weighted by Gasteiger charge is -2.02. The number of hydrogen-bond donors (Lipinski definition) is 1. The maximum Gasteiger partial charge on any atom is 0.328 e. The van der Waals surface area contributed by atoms with E-state index in [1.165, 1.54) is 6.08 Å². The zero-order valence-corrected chi connectivity index (χ0v) is 10.3. The van der Waals surface area contributed by atoms with Crippen molar-refractivity contribution in [1.29, 1.82) is 0 Å². The molecule has 0 spiro atoms. The molecule has 1 aromatic carbocycles. The molecule has 0 unspecified atom stereocenters. The van der Waals surface area contributed by atoms with E-state index >= 15 is 0 Å². The van der Waals surface area contributed by atoms with E-state index < -0.39 is 5.97 Å². The van der Waals surface area contributed by atoms with Gasteiger partial charge in [-0.2, -0.15) is 0 Å². The average molecular weight is 283 g/mol. The van der Waals surface area contributed by atoms with Gasteiger partial charge in [-0.3, -0.25) is 4.79 Å². The predicted octanol–water partition coefficient (Wildman–Crippen LogP) is 3.14. The second-order valence-corrected chi connectivity index (χ2v) is 4.04.